The molecular weight excluding hydrogens is 311 g/mol. The molecule has 0 fully saturated rings. The Labute approximate surface area is 145 Å². The Morgan fingerprint density at radius 2 is 0.789 bits per heavy atom. The Bertz CT molecular complexity index is 323. The molecule has 0 saturated heterocycles. The van der Waals surface area contributed by atoms with Crippen LogP contribution < -0.4 is 24.8 Å². The summed E-state index contributed by atoms with van der Waals surface area (Å²) in [5, 5.41) is 0. The summed E-state index contributed by atoms with van der Waals surface area (Å²) in [6.45, 7) is 8.81. The molecule has 0 amide bonds. The Morgan fingerprint density at radius 1 is 0.579 bits per heavy atom. The van der Waals surface area contributed by atoms with Crippen LogP contribution in [0.2, 0.25) is 0 Å². The quantitative estimate of drug-likeness (QED) is 0.492. The zero-order valence-electron chi connectivity index (χ0n) is 12.0. The molecule has 19 heavy (non-hydrogen) atoms. The summed E-state index contributed by atoms with van der Waals surface area (Å²) < 4.78 is 0. The molecule has 0 aliphatic heterocycles. The molecule has 2 aromatic carbocycles. The van der Waals surface area contributed by atoms with Crippen LogP contribution in [0.3, 0.4) is 0 Å². The van der Waals surface area contributed by atoms with Gasteiger partial charge in [0.2, 0.25) is 0 Å². The predicted molar refractivity (Wildman–Crippen MR) is 72.2 cm³/mol. The fourth-order valence-electron chi connectivity index (χ4n) is 1.55. The van der Waals surface area contributed by atoms with Gasteiger partial charge < -0.3 is 24.8 Å². The molecule has 0 N–H and O–H groups in total. The van der Waals surface area contributed by atoms with E-state index in [0.717, 1.165) is 0 Å². The molecule has 0 bridgehead atoms. The van der Waals surface area contributed by atoms with Crippen molar-refractivity contribution in [1.29, 1.82) is 0 Å². The minimum atomic E-state index is 0. The van der Waals surface area contributed by atoms with Gasteiger partial charge in [-0.3, -0.25) is 0 Å². The van der Waals surface area contributed by atoms with Crippen LogP contribution >= 0.6 is 0 Å². The molecule has 104 valence electrons. The van der Waals surface area contributed by atoms with E-state index in [4.69, 9.17) is 0 Å². The van der Waals surface area contributed by atoms with Gasteiger partial charge in [0.15, 0.2) is 0 Å². The van der Waals surface area contributed by atoms with E-state index < -0.39 is 0 Å². The Kier molecular flexibility index (Phi) is 16.4. The van der Waals surface area contributed by atoms with Gasteiger partial charge in [0.25, 0.3) is 0 Å². The largest absolute Gasteiger partial charge is 4.00 e. The third-order valence-electron chi connectivity index (χ3n) is 2.71. The molecule has 0 unspecified atom stereocenters. The van der Waals surface area contributed by atoms with Crippen LogP contribution in [-0.2, 0) is 21.7 Å². The van der Waals surface area contributed by atoms with Gasteiger partial charge in [-0.1, -0.05) is 39.5 Å². The predicted octanol–water partition coefficient (Wildman–Crippen LogP) is -0.937. The third-order valence-corrected chi connectivity index (χ3v) is 2.71. The molecular formula is C16H22Cl2Ti. The van der Waals surface area contributed by atoms with Crippen LogP contribution in [0.4, 0.5) is 0 Å². The van der Waals surface area contributed by atoms with Gasteiger partial charge in [0.05, 0.1) is 0 Å². The van der Waals surface area contributed by atoms with Crippen LogP contribution in [0.1, 0.15) is 50.7 Å². The summed E-state index contributed by atoms with van der Waals surface area (Å²) in [6.07, 6.45) is 0. The molecule has 0 heterocycles. The zero-order valence-corrected chi connectivity index (χ0v) is 15.1. The third kappa shape index (κ3) is 9.52. The summed E-state index contributed by atoms with van der Waals surface area (Å²) in [5.41, 5.74) is 2.87. The van der Waals surface area contributed by atoms with Crippen LogP contribution in [0.5, 0.6) is 0 Å². The second-order valence-electron chi connectivity index (χ2n) is 4.75. The van der Waals surface area contributed by atoms with Gasteiger partial charge in [0, 0.05) is 0 Å². The van der Waals surface area contributed by atoms with Gasteiger partial charge in [0.1, 0.15) is 0 Å². The molecule has 0 atom stereocenters. The smallest absolute Gasteiger partial charge is 1.00 e. The van der Waals surface area contributed by atoms with Crippen LogP contribution in [-0.4, -0.2) is 0 Å². The zero-order chi connectivity index (χ0) is 12.0. The van der Waals surface area contributed by atoms with E-state index in [1.165, 1.54) is 11.1 Å². The van der Waals surface area contributed by atoms with Gasteiger partial charge >= 0.3 is 21.7 Å². The molecule has 3 heteroatoms. The minimum absolute atomic E-state index is 0. The Hall–Kier alpha value is -0.00571. The van der Waals surface area contributed by atoms with E-state index in [1.54, 1.807) is 0 Å². The number of rotatable bonds is 2. The first kappa shape index (κ1) is 24.0. The van der Waals surface area contributed by atoms with Crippen molar-refractivity contribution < 1.29 is 46.5 Å². The Morgan fingerprint density at radius 3 is 0.895 bits per heavy atom. The first-order chi connectivity index (χ1) is 7.61. The second kappa shape index (κ2) is 13.0. The van der Waals surface area contributed by atoms with E-state index >= 15 is 0 Å². The van der Waals surface area contributed by atoms with Crippen molar-refractivity contribution in [3.63, 3.8) is 0 Å². The van der Waals surface area contributed by atoms with Crippen molar-refractivity contribution in [1.82, 2.24) is 0 Å². The molecule has 0 radical (unpaired) electrons. The van der Waals surface area contributed by atoms with Gasteiger partial charge in [-0.05, 0) is 0 Å². The fourth-order valence-corrected chi connectivity index (χ4v) is 1.55. The van der Waals surface area contributed by atoms with Crippen molar-refractivity contribution in [3.8, 4) is 0 Å². The van der Waals surface area contributed by atoms with Crippen molar-refractivity contribution in [3.05, 3.63) is 59.7 Å². The molecule has 0 aromatic heterocycles. The summed E-state index contributed by atoms with van der Waals surface area (Å²) in [6, 6.07) is 16.9. The molecule has 2 rings (SSSR count). The van der Waals surface area contributed by atoms with Crippen LogP contribution in [0.15, 0.2) is 48.5 Å². The topological polar surface area (TPSA) is 0 Å². The monoisotopic (exact) mass is 332 g/mol. The van der Waals surface area contributed by atoms with E-state index in [0.29, 0.717) is 11.8 Å². The van der Waals surface area contributed by atoms with Crippen LogP contribution in [0, 0.1) is 0 Å². The standard InChI is InChI=1S/2C8H11.2ClH.Ti/c2*1-7(2)8-5-3-4-6-8;;;/h2*3-7H,1-2H3;2*1H;/q2*-1;;;+4/p-2. The first-order valence-electron chi connectivity index (χ1n) is 6.04. The molecule has 0 saturated carbocycles. The maximum absolute atomic E-state index is 2.20. The minimum Gasteiger partial charge on any atom is -1.00 e. The fraction of sp³-hybridized carbons (Fsp3) is 0.375. The molecule has 0 spiro atoms. The normalized spacial score (nSPS) is 8.74. The van der Waals surface area contributed by atoms with E-state index in [-0.39, 0.29) is 46.5 Å². The SMILES string of the molecule is CC(C)[c-]1cccc1.CC(C)[c-]1cccc1.[Cl-].[Cl-].[Ti+4]. The summed E-state index contributed by atoms with van der Waals surface area (Å²) >= 11 is 0. The van der Waals surface area contributed by atoms with E-state index in [9.17, 15) is 0 Å². The van der Waals surface area contributed by atoms with Crippen molar-refractivity contribution in [2.24, 2.45) is 0 Å². The summed E-state index contributed by atoms with van der Waals surface area (Å²) in [7, 11) is 0. The van der Waals surface area contributed by atoms with Crippen molar-refractivity contribution in [2.75, 3.05) is 0 Å². The first-order valence-corrected chi connectivity index (χ1v) is 6.04. The van der Waals surface area contributed by atoms with Crippen molar-refractivity contribution >= 4 is 0 Å². The number of hydrogen-bond acceptors (Lipinski definition) is 0. The summed E-state index contributed by atoms with van der Waals surface area (Å²) in [5.74, 6) is 1.37. The average Bonchev–Trinajstić information content (AvgIpc) is 2.93. The maximum Gasteiger partial charge on any atom is 4.00 e. The number of hydrogen-bond donors (Lipinski definition) is 0. The second-order valence-corrected chi connectivity index (χ2v) is 4.75. The molecule has 0 aliphatic rings. The average molecular weight is 333 g/mol. The van der Waals surface area contributed by atoms with Gasteiger partial charge in [-0.2, -0.15) is 35.4 Å². The maximum atomic E-state index is 2.20. The van der Waals surface area contributed by atoms with Gasteiger partial charge in [-0.15, -0.1) is 0 Å². The number of halogens is 2. The molecule has 2 aromatic rings. The van der Waals surface area contributed by atoms with Gasteiger partial charge in [-0.25, -0.2) is 24.3 Å². The molecule has 0 nitrogen and oxygen atoms in total. The van der Waals surface area contributed by atoms with E-state index in [1.807, 2.05) is 0 Å². The van der Waals surface area contributed by atoms with E-state index in [2.05, 4.69) is 76.2 Å². The summed E-state index contributed by atoms with van der Waals surface area (Å²) in [4.78, 5) is 0. The Balaban J connectivity index is -0.000000233. The van der Waals surface area contributed by atoms with Crippen molar-refractivity contribution in [2.45, 2.75) is 39.5 Å². The molecule has 0 aliphatic carbocycles. The van der Waals surface area contributed by atoms with Crippen LogP contribution in [0.25, 0.3) is 0 Å².